The van der Waals surface area contributed by atoms with Crippen molar-refractivity contribution in [3.8, 4) is 0 Å². The summed E-state index contributed by atoms with van der Waals surface area (Å²) in [5.41, 5.74) is 3.75. The third-order valence-electron chi connectivity index (χ3n) is 4.31. The second-order valence-electron chi connectivity index (χ2n) is 5.91. The number of para-hydroxylation sites is 1. The minimum Gasteiger partial charge on any atom is -0.336 e. The average Bonchev–Trinajstić information content (AvgIpc) is 2.67. The van der Waals surface area contributed by atoms with Crippen molar-refractivity contribution in [1.29, 1.82) is 0 Å². The molecule has 4 rings (SSSR count). The Bertz CT molecular complexity index is 924. The highest BCUT2D eigenvalue weighted by Crippen LogP contribution is 2.33. The molecule has 0 amide bonds. The van der Waals surface area contributed by atoms with Crippen molar-refractivity contribution in [2.75, 3.05) is 4.90 Å². The molecule has 0 aliphatic heterocycles. The Balaban J connectivity index is 1.86. The molecule has 0 fully saturated rings. The second kappa shape index (κ2) is 6.59. The lowest BCUT2D eigenvalue weighted by atomic mass is 10.1. The third-order valence-corrected chi connectivity index (χ3v) is 4.31. The van der Waals surface area contributed by atoms with Crippen LogP contribution < -0.4 is 4.90 Å². The Morgan fingerprint density at radius 1 is 0.542 bits per heavy atom. The van der Waals surface area contributed by atoms with E-state index in [2.05, 4.69) is 108 Å². The number of fused-ring (bicyclic) bond motifs is 1. The molecule has 0 aromatic heterocycles. The maximum absolute atomic E-state index is 2.39. The largest absolute Gasteiger partial charge is 0.336 e. The first-order valence-electron chi connectivity index (χ1n) is 8.26. The summed E-state index contributed by atoms with van der Waals surface area (Å²) in [6, 6.07) is 36.3. The molecule has 0 radical (unpaired) electrons. The van der Waals surface area contributed by atoms with Gasteiger partial charge < -0.3 is 4.90 Å². The van der Waals surface area contributed by atoms with Crippen LogP contribution in [0.5, 0.6) is 0 Å². The van der Waals surface area contributed by atoms with Gasteiger partial charge in [-0.2, -0.15) is 0 Å². The highest BCUT2D eigenvalue weighted by Gasteiger charge is 2.12. The van der Waals surface area contributed by atoms with E-state index in [1.165, 1.54) is 27.7 Å². The van der Waals surface area contributed by atoms with E-state index >= 15 is 0 Å². The number of nitrogens with zero attached hydrogens (tertiary/aromatic N) is 1. The van der Waals surface area contributed by atoms with E-state index in [0.29, 0.717) is 0 Å². The van der Waals surface area contributed by atoms with Crippen LogP contribution in [0.3, 0.4) is 0 Å². The van der Waals surface area contributed by atoms with E-state index in [1.54, 1.807) is 0 Å². The fourth-order valence-corrected chi connectivity index (χ4v) is 3.13. The van der Waals surface area contributed by atoms with Crippen LogP contribution in [0.25, 0.3) is 10.8 Å². The maximum atomic E-state index is 2.39. The van der Waals surface area contributed by atoms with Gasteiger partial charge in [0.2, 0.25) is 0 Å². The van der Waals surface area contributed by atoms with Crippen molar-refractivity contribution in [2.24, 2.45) is 0 Å². The molecule has 0 heterocycles. The summed E-state index contributed by atoms with van der Waals surface area (Å²) in [6.45, 7) is 0.846. The van der Waals surface area contributed by atoms with Crippen molar-refractivity contribution >= 4 is 22.1 Å². The highest BCUT2D eigenvalue weighted by molar-refractivity contribution is 5.96. The molecule has 24 heavy (non-hydrogen) atoms. The summed E-state index contributed by atoms with van der Waals surface area (Å²) < 4.78 is 0. The normalized spacial score (nSPS) is 10.7. The monoisotopic (exact) mass is 309 g/mol. The van der Waals surface area contributed by atoms with Crippen molar-refractivity contribution in [1.82, 2.24) is 0 Å². The number of rotatable bonds is 4. The van der Waals surface area contributed by atoms with Crippen LogP contribution in [0.1, 0.15) is 5.56 Å². The fourth-order valence-electron chi connectivity index (χ4n) is 3.13. The second-order valence-corrected chi connectivity index (χ2v) is 5.91. The molecule has 0 saturated carbocycles. The standard InChI is InChI=1S/C23H19N/c1-3-10-19(11-4-1)18-24(21-14-5-2-6-15-21)23-17-9-13-20-12-7-8-16-22(20)23/h1-17H,18H2. The Morgan fingerprint density at radius 2 is 1.17 bits per heavy atom. The van der Waals surface area contributed by atoms with E-state index < -0.39 is 0 Å². The zero-order chi connectivity index (χ0) is 16.2. The molecule has 0 spiro atoms. The molecule has 1 heteroatoms. The Morgan fingerprint density at radius 3 is 1.96 bits per heavy atom. The first-order chi connectivity index (χ1) is 11.9. The Hall–Kier alpha value is -3.06. The average molecular weight is 309 g/mol. The van der Waals surface area contributed by atoms with Crippen LogP contribution >= 0.6 is 0 Å². The molecule has 0 atom stereocenters. The molecule has 0 aliphatic rings. The van der Waals surface area contributed by atoms with Gasteiger partial charge in [0.05, 0.1) is 0 Å². The van der Waals surface area contributed by atoms with Gasteiger partial charge in [0.25, 0.3) is 0 Å². The van der Waals surface area contributed by atoms with Crippen LogP contribution in [0.15, 0.2) is 103 Å². The number of anilines is 2. The summed E-state index contributed by atoms with van der Waals surface area (Å²) in [6.07, 6.45) is 0. The van der Waals surface area contributed by atoms with Crippen LogP contribution in [-0.4, -0.2) is 0 Å². The van der Waals surface area contributed by atoms with E-state index in [-0.39, 0.29) is 0 Å². The van der Waals surface area contributed by atoms with Crippen LogP contribution in [-0.2, 0) is 6.54 Å². The Labute approximate surface area is 142 Å². The molecule has 0 bridgehead atoms. The van der Waals surface area contributed by atoms with Crippen molar-refractivity contribution in [2.45, 2.75) is 6.54 Å². The minimum atomic E-state index is 0.846. The van der Waals surface area contributed by atoms with Crippen LogP contribution in [0.4, 0.5) is 11.4 Å². The van der Waals surface area contributed by atoms with E-state index in [0.717, 1.165) is 6.54 Å². The van der Waals surface area contributed by atoms with Crippen molar-refractivity contribution in [3.63, 3.8) is 0 Å². The lowest BCUT2D eigenvalue weighted by molar-refractivity contribution is 0.981. The smallest absolute Gasteiger partial charge is 0.0493 e. The zero-order valence-corrected chi connectivity index (χ0v) is 13.5. The van der Waals surface area contributed by atoms with Crippen LogP contribution in [0, 0.1) is 0 Å². The van der Waals surface area contributed by atoms with Gasteiger partial charge in [0.1, 0.15) is 0 Å². The number of hydrogen-bond acceptors (Lipinski definition) is 1. The molecule has 0 saturated heterocycles. The molecular weight excluding hydrogens is 290 g/mol. The van der Waals surface area contributed by atoms with Gasteiger partial charge >= 0.3 is 0 Å². The molecule has 0 unspecified atom stereocenters. The lowest BCUT2D eigenvalue weighted by Crippen LogP contribution is -2.16. The van der Waals surface area contributed by atoms with Gasteiger partial charge in [0, 0.05) is 23.3 Å². The molecule has 1 nitrogen and oxygen atoms in total. The predicted molar refractivity (Wildman–Crippen MR) is 103 cm³/mol. The van der Waals surface area contributed by atoms with Gasteiger partial charge in [-0.15, -0.1) is 0 Å². The predicted octanol–water partition coefficient (Wildman–Crippen LogP) is 6.18. The molecule has 4 aromatic rings. The Kier molecular flexibility index (Phi) is 3.99. The zero-order valence-electron chi connectivity index (χ0n) is 13.5. The molecule has 0 N–H and O–H groups in total. The van der Waals surface area contributed by atoms with Crippen LogP contribution in [0.2, 0.25) is 0 Å². The highest BCUT2D eigenvalue weighted by atomic mass is 15.1. The van der Waals surface area contributed by atoms with E-state index in [4.69, 9.17) is 0 Å². The summed E-state index contributed by atoms with van der Waals surface area (Å²) in [5, 5.41) is 2.55. The summed E-state index contributed by atoms with van der Waals surface area (Å²) in [7, 11) is 0. The SMILES string of the molecule is c1ccc(CN(c2ccccc2)c2cccc3ccccc23)cc1. The maximum Gasteiger partial charge on any atom is 0.0493 e. The summed E-state index contributed by atoms with van der Waals surface area (Å²) in [4.78, 5) is 2.39. The van der Waals surface area contributed by atoms with Gasteiger partial charge in [0.15, 0.2) is 0 Å². The molecule has 116 valence electrons. The van der Waals surface area contributed by atoms with Crippen molar-refractivity contribution < 1.29 is 0 Å². The number of benzene rings is 4. The van der Waals surface area contributed by atoms with Gasteiger partial charge in [-0.3, -0.25) is 0 Å². The fraction of sp³-hybridized carbons (Fsp3) is 0.0435. The quantitative estimate of drug-likeness (QED) is 0.435. The lowest BCUT2D eigenvalue weighted by Gasteiger charge is -2.26. The first kappa shape index (κ1) is 14.5. The first-order valence-corrected chi connectivity index (χ1v) is 8.26. The topological polar surface area (TPSA) is 3.24 Å². The summed E-state index contributed by atoms with van der Waals surface area (Å²) >= 11 is 0. The number of hydrogen-bond donors (Lipinski definition) is 0. The minimum absolute atomic E-state index is 0.846. The molecular formula is C23H19N. The van der Waals surface area contributed by atoms with E-state index in [9.17, 15) is 0 Å². The molecule has 0 aliphatic carbocycles. The van der Waals surface area contributed by atoms with E-state index in [1.807, 2.05) is 0 Å². The van der Waals surface area contributed by atoms with Gasteiger partial charge in [-0.1, -0.05) is 84.9 Å². The van der Waals surface area contributed by atoms with Crippen molar-refractivity contribution in [3.05, 3.63) is 109 Å². The van der Waals surface area contributed by atoms with Gasteiger partial charge in [-0.25, -0.2) is 0 Å². The third kappa shape index (κ3) is 2.89. The van der Waals surface area contributed by atoms with Gasteiger partial charge in [-0.05, 0) is 29.1 Å². The summed E-state index contributed by atoms with van der Waals surface area (Å²) in [5.74, 6) is 0. The molecule has 4 aromatic carbocycles.